The Balaban J connectivity index is 1.43. The van der Waals surface area contributed by atoms with E-state index in [0.29, 0.717) is 39.2 Å². The quantitative estimate of drug-likeness (QED) is 0.635. The second kappa shape index (κ2) is 7.54. The van der Waals surface area contributed by atoms with Crippen LogP contribution in [0.25, 0.3) is 0 Å². The molecule has 9 nitrogen and oxygen atoms in total. The van der Waals surface area contributed by atoms with Crippen molar-refractivity contribution in [2.75, 3.05) is 66.0 Å². The van der Waals surface area contributed by atoms with Crippen LogP contribution in [0.15, 0.2) is 23.1 Å². The molecule has 156 valence electrons. The number of sulfonamides is 1. The van der Waals surface area contributed by atoms with Gasteiger partial charge >= 0.3 is 0 Å². The molecular formula is C17H26N4O5S2. The smallest absolute Gasteiger partial charge is 0.282 e. The third-order valence-corrected chi connectivity index (χ3v) is 9.54. The molecule has 3 aliphatic rings. The van der Waals surface area contributed by atoms with Gasteiger partial charge in [0, 0.05) is 58.8 Å². The zero-order chi connectivity index (χ0) is 19.9. The molecule has 0 radical (unpaired) electrons. The summed E-state index contributed by atoms with van der Waals surface area (Å²) in [6.07, 6.45) is 0.704. The first-order valence-corrected chi connectivity index (χ1v) is 12.3. The fourth-order valence-electron chi connectivity index (χ4n) is 3.80. The zero-order valence-electron chi connectivity index (χ0n) is 15.9. The van der Waals surface area contributed by atoms with Gasteiger partial charge in [-0.1, -0.05) is 0 Å². The molecule has 1 aromatic carbocycles. The maximum atomic E-state index is 13.0. The minimum absolute atomic E-state index is 0.156. The lowest BCUT2D eigenvalue weighted by Gasteiger charge is -2.38. The Kier molecular flexibility index (Phi) is 5.40. The Morgan fingerprint density at radius 3 is 2.04 bits per heavy atom. The van der Waals surface area contributed by atoms with Crippen molar-refractivity contribution in [2.45, 2.75) is 11.3 Å². The monoisotopic (exact) mass is 430 g/mol. The van der Waals surface area contributed by atoms with E-state index in [0.717, 1.165) is 11.3 Å². The van der Waals surface area contributed by atoms with Crippen LogP contribution in [-0.2, 0) is 26.7 Å². The number of likely N-dealkylation sites (N-methyl/N-ethyl adjacent to an activating group) is 1. The number of hydrogen-bond donors (Lipinski definition) is 0. The topological polar surface area (TPSA) is 90.5 Å². The van der Waals surface area contributed by atoms with E-state index < -0.39 is 20.2 Å². The molecule has 0 aliphatic carbocycles. The van der Waals surface area contributed by atoms with E-state index in [9.17, 15) is 16.8 Å². The molecule has 4 rings (SSSR count). The first-order chi connectivity index (χ1) is 13.3. The van der Waals surface area contributed by atoms with Gasteiger partial charge in [0.15, 0.2) is 0 Å². The normalized spacial score (nSPS) is 23.5. The lowest BCUT2D eigenvalue weighted by molar-refractivity contribution is 0.201. The summed E-state index contributed by atoms with van der Waals surface area (Å²) in [7, 11) is -5.23. The highest BCUT2D eigenvalue weighted by atomic mass is 32.2. The highest BCUT2D eigenvalue weighted by molar-refractivity contribution is 7.89. The predicted molar refractivity (Wildman–Crippen MR) is 104 cm³/mol. The molecule has 28 heavy (non-hydrogen) atoms. The van der Waals surface area contributed by atoms with Gasteiger partial charge in [-0.25, -0.2) is 8.42 Å². The number of nitrogens with zero attached hydrogens (tertiary/aromatic N) is 4. The van der Waals surface area contributed by atoms with E-state index >= 15 is 0 Å². The molecular weight excluding hydrogens is 404 g/mol. The van der Waals surface area contributed by atoms with Crippen LogP contribution in [-0.4, -0.2) is 101 Å². The van der Waals surface area contributed by atoms with Gasteiger partial charge in [0.05, 0.1) is 11.5 Å². The molecule has 0 unspecified atom stereocenters. The van der Waals surface area contributed by atoms with E-state index in [1.165, 1.54) is 12.9 Å². The van der Waals surface area contributed by atoms with E-state index in [1.54, 1.807) is 18.2 Å². The summed E-state index contributed by atoms with van der Waals surface area (Å²) in [5, 5.41) is 0. The molecule has 0 amide bonds. The van der Waals surface area contributed by atoms with Crippen molar-refractivity contribution >= 4 is 20.2 Å². The molecule has 0 atom stereocenters. The van der Waals surface area contributed by atoms with Gasteiger partial charge in [-0.15, -0.1) is 0 Å². The van der Waals surface area contributed by atoms with Gasteiger partial charge in [0.2, 0.25) is 10.0 Å². The van der Waals surface area contributed by atoms with E-state index in [1.807, 2.05) is 7.05 Å². The summed E-state index contributed by atoms with van der Waals surface area (Å²) in [4.78, 5) is 2.34. The van der Waals surface area contributed by atoms with Crippen molar-refractivity contribution in [3.63, 3.8) is 0 Å². The van der Waals surface area contributed by atoms with Gasteiger partial charge in [-0.2, -0.15) is 21.3 Å². The average Bonchev–Trinajstić information content (AvgIpc) is 3.16. The number of piperazine rings is 2. The van der Waals surface area contributed by atoms with Crippen LogP contribution >= 0.6 is 0 Å². The summed E-state index contributed by atoms with van der Waals surface area (Å²) in [6.45, 7) is 3.56. The predicted octanol–water partition coefficient (Wildman–Crippen LogP) is -0.580. The SMILES string of the molecule is CN1CCN(S(=O)(=O)N2CCN(S(=O)(=O)c3ccc4c(c3)CCO4)CC2)CC1. The highest BCUT2D eigenvalue weighted by Crippen LogP contribution is 2.29. The number of hydrogen-bond acceptors (Lipinski definition) is 6. The minimum Gasteiger partial charge on any atom is -0.493 e. The zero-order valence-corrected chi connectivity index (χ0v) is 17.6. The fourth-order valence-corrected chi connectivity index (χ4v) is 6.84. The van der Waals surface area contributed by atoms with Crippen LogP contribution in [0.2, 0.25) is 0 Å². The molecule has 0 aromatic heterocycles. The molecule has 3 aliphatic heterocycles. The highest BCUT2D eigenvalue weighted by Gasteiger charge is 2.37. The second-order valence-corrected chi connectivity index (χ2v) is 11.2. The van der Waals surface area contributed by atoms with E-state index in [4.69, 9.17) is 4.74 Å². The molecule has 11 heteroatoms. The second-order valence-electron chi connectivity index (χ2n) is 7.38. The van der Waals surface area contributed by atoms with Gasteiger partial charge < -0.3 is 9.64 Å². The lowest BCUT2D eigenvalue weighted by Crippen LogP contribution is -2.57. The first kappa shape index (κ1) is 20.0. The molecule has 0 saturated carbocycles. The van der Waals surface area contributed by atoms with Crippen molar-refractivity contribution < 1.29 is 21.6 Å². The fraction of sp³-hybridized carbons (Fsp3) is 0.647. The maximum Gasteiger partial charge on any atom is 0.282 e. The van der Waals surface area contributed by atoms with Gasteiger partial charge in [-0.3, -0.25) is 0 Å². The Bertz CT molecular complexity index is 934. The third kappa shape index (κ3) is 3.66. The Hall–Kier alpha value is -1.24. The van der Waals surface area contributed by atoms with Crippen LogP contribution in [0, 0.1) is 0 Å². The summed E-state index contributed by atoms with van der Waals surface area (Å²) in [6, 6.07) is 4.93. The van der Waals surface area contributed by atoms with Crippen molar-refractivity contribution in [1.82, 2.24) is 17.8 Å². The van der Waals surface area contributed by atoms with Crippen molar-refractivity contribution in [2.24, 2.45) is 0 Å². The summed E-state index contributed by atoms with van der Waals surface area (Å²) in [5.74, 6) is 0.738. The van der Waals surface area contributed by atoms with Crippen LogP contribution in [0.5, 0.6) is 5.75 Å². The van der Waals surface area contributed by atoms with Gasteiger partial charge in [0.25, 0.3) is 10.2 Å². The van der Waals surface area contributed by atoms with Crippen molar-refractivity contribution in [3.05, 3.63) is 23.8 Å². The molecule has 3 heterocycles. The van der Waals surface area contributed by atoms with Gasteiger partial charge in [-0.05, 0) is 30.8 Å². The number of ether oxygens (including phenoxy) is 1. The Labute approximate surface area is 166 Å². The van der Waals surface area contributed by atoms with Crippen LogP contribution in [0.1, 0.15) is 5.56 Å². The van der Waals surface area contributed by atoms with E-state index in [2.05, 4.69) is 4.90 Å². The summed E-state index contributed by atoms with van der Waals surface area (Å²) in [5.41, 5.74) is 0.900. The molecule has 0 bridgehead atoms. The number of rotatable bonds is 4. The van der Waals surface area contributed by atoms with Crippen molar-refractivity contribution in [3.8, 4) is 5.75 Å². The molecule has 0 spiro atoms. The van der Waals surface area contributed by atoms with Crippen LogP contribution < -0.4 is 4.74 Å². The third-order valence-electron chi connectivity index (χ3n) is 5.61. The van der Waals surface area contributed by atoms with E-state index in [-0.39, 0.29) is 31.1 Å². The van der Waals surface area contributed by atoms with Crippen LogP contribution in [0.4, 0.5) is 0 Å². The molecule has 1 aromatic rings. The number of fused-ring (bicyclic) bond motifs is 1. The Morgan fingerprint density at radius 2 is 1.39 bits per heavy atom. The largest absolute Gasteiger partial charge is 0.493 e. The standard InChI is InChI=1S/C17H26N4O5S2/c1-18-5-7-20(8-6-18)28(24,25)21-11-9-19(10-12-21)27(22,23)16-2-3-17-15(14-16)4-13-26-17/h2-3,14H,4-13H2,1H3. The lowest BCUT2D eigenvalue weighted by atomic mass is 10.2. The van der Waals surface area contributed by atoms with Gasteiger partial charge in [0.1, 0.15) is 5.75 Å². The summed E-state index contributed by atoms with van der Waals surface area (Å²) >= 11 is 0. The van der Waals surface area contributed by atoms with Crippen LogP contribution in [0.3, 0.4) is 0 Å². The average molecular weight is 431 g/mol. The minimum atomic E-state index is -3.65. The van der Waals surface area contributed by atoms with Crippen molar-refractivity contribution in [1.29, 1.82) is 0 Å². The molecule has 2 saturated heterocycles. The Morgan fingerprint density at radius 1 is 0.821 bits per heavy atom. The summed E-state index contributed by atoms with van der Waals surface area (Å²) < 4.78 is 61.4. The number of benzene rings is 1. The molecule has 0 N–H and O–H groups in total. The maximum absolute atomic E-state index is 13.0. The molecule has 2 fully saturated rings. The first-order valence-electron chi connectivity index (χ1n) is 9.48.